The van der Waals surface area contributed by atoms with Gasteiger partial charge in [0.1, 0.15) is 0 Å². The average Bonchev–Trinajstić information content (AvgIpc) is 2.79. The molecule has 7 nitrogen and oxygen atoms in total. The third kappa shape index (κ3) is 6.12. The quantitative estimate of drug-likeness (QED) is 0.557. The van der Waals surface area contributed by atoms with Crippen LogP contribution in [-0.2, 0) is 19.1 Å². The summed E-state index contributed by atoms with van der Waals surface area (Å²) in [7, 11) is 1.35. The highest BCUT2D eigenvalue weighted by atomic mass is 16.5. The summed E-state index contributed by atoms with van der Waals surface area (Å²) in [6.07, 6.45) is 1.75. The zero-order valence-corrected chi connectivity index (χ0v) is 19.8. The first-order valence-corrected chi connectivity index (χ1v) is 11.5. The van der Waals surface area contributed by atoms with Crippen LogP contribution in [0.5, 0.6) is 0 Å². The Labute approximate surface area is 195 Å². The number of para-hydroxylation sites is 1. The van der Waals surface area contributed by atoms with Crippen LogP contribution in [0.15, 0.2) is 48.5 Å². The maximum atomic E-state index is 12.5. The van der Waals surface area contributed by atoms with E-state index in [1.54, 1.807) is 0 Å². The highest BCUT2D eigenvalue weighted by Gasteiger charge is 2.32. The molecule has 0 fully saturated rings. The molecule has 2 aromatic carbocycles. The first kappa shape index (κ1) is 24.3. The van der Waals surface area contributed by atoms with E-state index in [1.807, 2.05) is 61.2 Å². The van der Waals surface area contributed by atoms with Crippen LogP contribution in [0.4, 0.5) is 17.1 Å². The van der Waals surface area contributed by atoms with Gasteiger partial charge in [0, 0.05) is 42.4 Å². The van der Waals surface area contributed by atoms with Gasteiger partial charge in [-0.05, 0) is 55.2 Å². The molecule has 0 aromatic heterocycles. The summed E-state index contributed by atoms with van der Waals surface area (Å²) in [5.74, 6) is -0.408. The lowest BCUT2D eigenvalue weighted by Gasteiger charge is -2.40. The van der Waals surface area contributed by atoms with E-state index >= 15 is 0 Å². The first-order valence-electron chi connectivity index (χ1n) is 11.5. The number of esters is 1. The number of hydrogen-bond donors (Lipinski definition) is 2. The van der Waals surface area contributed by atoms with Crippen LogP contribution < -0.4 is 15.5 Å². The highest BCUT2D eigenvalue weighted by Crippen LogP contribution is 2.39. The second kappa shape index (κ2) is 11.0. The second-order valence-electron chi connectivity index (χ2n) is 8.67. The number of anilines is 3. The number of methoxy groups -OCH3 is 1. The molecule has 0 spiro atoms. The maximum Gasteiger partial charge on any atom is 0.305 e. The molecular weight excluding hydrogens is 418 g/mol. The SMILES string of the molecule is CCC(=O)N1c2ccccc2[C@H](Nc2ccc(NC(=O)CC(C)CC(=O)OC)cc2)C[C@@H]1C. The number of fused-ring (bicyclic) bond motifs is 1. The number of ether oxygens (including phenoxy) is 1. The molecule has 33 heavy (non-hydrogen) atoms. The third-order valence-corrected chi connectivity index (χ3v) is 5.95. The van der Waals surface area contributed by atoms with E-state index < -0.39 is 0 Å². The van der Waals surface area contributed by atoms with E-state index in [-0.39, 0.29) is 48.6 Å². The largest absolute Gasteiger partial charge is 0.469 e. The predicted molar refractivity (Wildman–Crippen MR) is 130 cm³/mol. The van der Waals surface area contributed by atoms with Crippen LogP contribution in [0.3, 0.4) is 0 Å². The minimum absolute atomic E-state index is 0.0803. The van der Waals surface area contributed by atoms with Gasteiger partial charge in [0.05, 0.1) is 13.2 Å². The summed E-state index contributed by atoms with van der Waals surface area (Å²) in [6, 6.07) is 15.8. The Kier molecular flexibility index (Phi) is 8.09. The molecule has 1 aliphatic heterocycles. The number of benzene rings is 2. The van der Waals surface area contributed by atoms with E-state index in [2.05, 4.69) is 28.4 Å². The van der Waals surface area contributed by atoms with Gasteiger partial charge in [-0.25, -0.2) is 0 Å². The van der Waals surface area contributed by atoms with Crippen LogP contribution in [0.1, 0.15) is 58.1 Å². The van der Waals surface area contributed by atoms with E-state index in [9.17, 15) is 14.4 Å². The Balaban J connectivity index is 1.64. The zero-order chi connectivity index (χ0) is 24.0. The van der Waals surface area contributed by atoms with Crippen molar-refractivity contribution in [2.45, 2.75) is 58.5 Å². The summed E-state index contributed by atoms with van der Waals surface area (Å²) in [5, 5.41) is 6.46. The standard InChI is InChI=1S/C26H33N3O4/c1-5-25(31)29-18(3)16-22(21-8-6-7-9-23(21)29)27-19-10-12-20(13-11-19)28-24(30)14-17(2)15-26(32)33-4/h6-13,17-18,22,27H,5,14-16H2,1-4H3,(H,28,30)/t17?,18-,22+/m0/s1. The van der Waals surface area contributed by atoms with E-state index in [4.69, 9.17) is 0 Å². The van der Waals surface area contributed by atoms with Crippen LogP contribution in [0.2, 0.25) is 0 Å². The van der Waals surface area contributed by atoms with E-state index in [1.165, 1.54) is 7.11 Å². The molecule has 3 atom stereocenters. The highest BCUT2D eigenvalue weighted by molar-refractivity contribution is 5.95. The monoisotopic (exact) mass is 451 g/mol. The van der Waals surface area contributed by atoms with Crippen molar-refractivity contribution >= 4 is 34.8 Å². The molecule has 1 unspecified atom stereocenters. The molecule has 2 N–H and O–H groups in total. The van der Waals surface area contributed by atoms with Gasteiger partial charge in [0.15, 0.2) is 0 Å². The Hall–Kier alpha value is -3.35. The summed E-state index contributed by atoms with van der Waals surface area (Å²) in [6.45, 7) is 5.82. The number of nitrogens with one attached hydrogen (secondary N) is 2. The Bertz CT molecular complexity index is 989. The van der Waals surface area contributed by atoms with Gasteiger partial charge in [-0.1, -0.05) is 32.0 Å². The molecule has 0 radical (unpaired) electrons. The number of carbonyl (C=O) groups excluding carboxylic acids is 3. The zero-order valence-electron chi connectivity index (χ0n) is 19.8. The number of rotatable bonds is 8. The lowest BCUT2D eigenvalue weighted by molar-refractivity contribution is -0.141. The number of amides is 2. The third-order valence-electron chi connectivity index (χ3n) is 5.95. The minimum atomic E-state index is -0.313. The van der Waals surface area contributed by atoms with Crippen LogP contribution >= 0.6 is 0 Å². The number of carbonyl (C=O) groups is 3. The fourth-order valence-corrected chi connectivity index (χ4v) is 4.32. The molecule has 7 heteroatoms. The van der Waals surface area contributed by atoms with Crippen LogP contribution in [-0.4, -0.2) is 30.9 Å². The van der Waals surface area contributed by atoms with Crippen LogP contribution in [0.25, 0.3) is 0 Å². The normalized spacial score (nSPS) is 18.1. The van der Waals surface area contributed by atoms with Gasteiger partial charge in [-0.2, -0.15) is 0 Å². The molecule has 176 valence electrons. The van der Waals surface area contributed by atoms with Gasteiger partial charge in [0.2, 0.25) is 11.8 Å². The molecule has 0 saturated heterocycles. The molecule has 1 aliphatic rings. The van der Waals surface area contributed by atoms with Gasteiger partial charge < -0.3 is 20.3 Å². The molecule has 0 bridgehead atoms. The van der Waals surface area contributed by atoms with E-state index in [0.29, 0.717) is 12.1 Å². The van der Waals surface area contributed by atoms with Crippen molar-refractivity contribution in [3.63, 3.8) is 0 Å². The molecule has 0 aliphatic carbocycles. The Morgan fingerprint density at radius 2 is 1.73 bits per heavy atom. The Morgan fingerprint density at radius 1 is 1.06 bits per heavy atom. The van der Waals surface area contributed by atoms with Crippen molar-refractivity contribution < 1.29 is 19.1 Å². The smallest absolute Gasteiger partial charge is 0.305 e. The molecule has 2 aromatic rings. The molecule has 2 amide bonds. The summed E-state index contributed by atoms with van der Waals surface area (Å²) < 4.78 is 4.65. The Morgan fingerprint density at radius 3 is 2.39 bits per heavy atom. The number of hydrogen-bond acceptors (Lipinski definition) is 5. The summed E-state index contributed by atoms with van der Waals surface area (Å²) in [5.41, 5.74) is 3.71. The van der Waals surface area contributed by atoms with Gasteiger partial charge in [-0.3, -0.25) is 14.4 Å². The summed E-state index contributed by atoms with van der Waals surface area (Å²) >= 11 is 0. The van der Waals surface area contributed by atoms with Crippen molar-refractivity contribution in [2.24, 2.45) is 5.92 Å². The van der Waals surface area contributed by atoms with Gasteiger partial charge in [-0.15, -0.1) is 0 Å². The van der Waals surface area contributed by atoms with Crippen molar-refractivity contribution in [3.8, 4) is 0 Å². The van der Waals surface area contributed by atoms with Gasteiger partial charge in [0.25, 0.3) is 0 Å². The lowest BCUT2D eigenvalue weighted by Crippen LogP contribution is -2.44. The molecule has 1 heterocycles. The predicted octanol–water partition coefficient (Wildman–Crippen LogP) is 4.90. The molecular formula is C26H33N3O4. The maximum absolute atomic E-state index is 12.5. The average molecular weight is 452 g/mol. The van der Waals surface area contributed by atoms with Gasteiger partial charge >= 0.3 is 5.97 Å². The second-order valence-corrected chi connectivity index (χ2v) is 8.67. The first-order chi connectivity index (χ1) is 15.8. The van der Waals surface area contributed by atoms with Crippen molar-refractivity contribution in [2.75, 3.05) is 22.6 Å². The van der Waals surface area contributed by atoms with Crippen molar-refractivity contribution in [1.29, 1.82) is 0 Å². The number of nitrogens with zero attached hydrogens (tertiary/aromatic N) is 1. The fourth-order valence-electron chi connectivity index (χ4n) is 4.32. The van der Waals surface area contributed by atoms with Crippen LogP contribution in [0, 0.1) is 5.92 Å². The van der Waals surface area contributed by atoms with Crippen molar-refractivity contribution in [1.82, 2.24) is 0 Å². The summed E-state index contributed by atoms with van der Waals surface area (Å²) in [4.78, 5) is 38.0. The van der Waals surface area contributed by atoms with Crippen molar-refractivity contribution in [3.05, 3.63) is 54.1 Å². The lowest BCUT2D eigenvalue weighted by atomic mass is 9.91. The topological polar surface area (TPSA) is 87.7 Å². The minimum Gasteiger partial charge on any atom is -0.469 e. The van der Waals surface area contributed by atoms with E-state index in [0.717, 1.165) is 23.4 Å². The molecule has 3 rings (SSSR count). The molecule has 0 saturated carbocycles. The fraction of sp³-hybridized carbons (Fsp3) is 0.423.